The average molecular weight is 537 g/mol. The van der Waals surface area contributed by atoms with E-state index in [-0.39, 0.29) is 30.6 Å². The van der Waals surface area contributed by atoms with E-state index in [1.54, 1.807) is 37.5 Å². The quantitative estimate of drug-likeness (QED) is 0.184. The topological polar surface area (TPSA) is 124 Å². The molecular formula is C30H32O9. The van der Waals surface area contributed by atoms with Crippen molar-refractivity contribution in [2.75, 3.05) is 34.5 Å². The molecule has 9 nitrogen and oxygen atoms in total. The molecule has 1 aliphatic rings. The summed E-state index contributed by atoms with van der Waals surface area (Å²) in [4.78, 5) is 12.1. The molecule has 0 fully saturated rings. The third-order valence-corrected chi connectivity index (χ3v) is 6.57. The van der Waals surface area contributed by atoms with E-state index in [1.165, 1.54) is 32.4 Å². The van der Waals surface area contributed by atoms with Gasteiger partial charge >= 0.3 is 5.97 Å². The van der Waals surface area contributed by atoms with Crippen molar-refractivity contribution in [3.8, 4) is 34.5 Å². The predicted octanol–water partition coefficient (Wildman–Crippen LogP) is 4.52. The van der Waals surface area contributed by atoms with Crippen molar-refractivity contribution in [3.63, 3.8) is 0 Å². The Morgan fingerprint density at radius 2 is 1.62 bits per heavy atom. The molecule has 0 aromatic heterocycles. The van der Waals surface area contributed by atoms with Gasteiger partial charge in [-0.1, -0.05) is 18.2 Å². The van der Waals surface area contributed by atoms with Gasteiger partial charge in [0.1, 0.15) is 6.10 Å². The van der Waals surface area contributed by atoms with Crippen LogP contribution < -0.4 is 18.9 Å². The second-order valence-corrected chi connectivity index (χ2v) is 9.01. The maximum absolute atomic E-state index is 12.1. The largest absolute Gasteiger partial charge is 0.504 e. The Labute approximate surface area is 226 Å². The van der Waals surface area contributed by atoms with Crippen molar-refractivity contribution >= 4 is 12.0 Å². The highest BCUT2D eigenvalue weighted by Gasteiger charge is 2.38. The second-order valence-electron chi connectivity index (χ2n) is 9.01. The van der Waals surface area contributed by atoms with Crippen molar-refractivity contribution in [2.24, 2.45) is 0 Å². The summed E-state index contributed by atoms with van der Waals surface area (Å²) in [6.07, 6.45) is 3.63. The number of rotatable bonds is 11. The molecule has 4 rings (SSSR count). The van der Waals surface area contributed by atoms with E-state index < -0.39 is 12.1 Å². The van der Waals surface area contributed by atoms with Crippen LogP contribution >= 0.6 is 0 Å². The number of esters is 1. The molecule has 0 unspecified atom stereocenters. The zero-order valence-electron chi connectivity index (χ0n) is 22.0. The van der Waals surface area contributed by atoms with E-state index in [2.05, 4.69) is 0 Å². The number of methoxy groups -OCH3 is 3. The summed E-state index contributed by atoms with van der Waals surface area (Å²) in [5, 5.41) is 29.9. The molecule has 0 bridgehead atoms. The first kappa shape index (κ1) is 27.7. The molecule has 1 aliphatic heterocycles. The molecule has 3 aromatic rings. The van der Waals surface area contributed by atoms with Crippen molar-refractivity contribution < 1.29 is 43.8 Å². The number of hydrogen-bond donors (Lipinski definition) is 3. The Kier molecular flexibility index (Phi) is 8.83. The van der Waals surface area contributed by atoms with E-state index >= 15 is 0 Å². The van der Waals surface area contributed by atoms with E-state index in [4.69, 9.17) is 23.7 Å². The first-order chi connectivity index (χ1) is 18.9. The first-order valence-electron chi connectivity index (χ1n) is 12.5. The zero-order valence-corrected chi connectivity index (χ0v) is 22.0. The number of aliphatic hydroxyl groups excluding tert-OH is 1. The lowest BCUT2D eigenvalue weighted by Crippen LogP contribution is -2.13. The van der Waals surface area contributed by atoms with Crippen LogP contribution in [0.2, 0.25) is 0 Å². The molecule has 9 heteroatoms. The monoisotopic (exact) mass is 536 g/mol. The van der Waals surface area contributed by atoms with Gasteiger partial charge < -0.3 is 39.0 Å². The van der Waals surface area contributed by atoms with Gasteiger partial charge in [0.05, 0.1) is 40.5 Å². The SMILES string of the molecule is COc1cc(C=CC(=O)OCCCc2cc(OC)c3c(c2)[C@@H](CO)[C@H](c2ccc(O)c(OC)c2)O3)ccc1O. The number of phenolic OH excluding ortho intramolecular Hbond substituents is 2. The van der Waals surface area contributed by atoms with Crippen LogP contribution in [0.3, 0.4) is 0 Å². The lowest BCUT2D eigenvalue weighted by molar-refractivity contribution is -0.137. The molecule has 3 aromatic carbocycles. The Bertz CT molecular complexity index is 1350. The Hall–Kier alpha value is -4.37. The number of aryl methyl sites for hydroxylation is 1. The fourth-order valence-corrected chi connectivity index (χ4v) is 4.58. The van der Waals surface area contributed by atoms with Crippen molar-refractivity contribution in [2.45, 2.75) is 24.9 Å². The molecule has 1 heterocycles. The van der Waals surface area contributed by atoms with E-state index in [0.29, 0.717) is 41.4 Å². The van der Waals surface area contributed by atoms with Crippen molar-refractivity contribution in [1.82, 2.24) is 0 Å². The summed E-state index contributed by atoms with van der Waals surface area (Å²) in [7, 11) is 4.49. The highest BCUT2D eigenvalue weighted by Crippen LogP contribution is 2.51. The second kappa shape index (κ2) is 12.4. The molecular weight excluding hydrogens is 504 g/mol. The summed E-state index contributed by atoms with van der Waals surface area (Å²) >= 11 is 0. The molecule has 0 radical (unpaired) electrons. The summed E-state index contributed by atoms with van der Waals surface area (Å²) < 4.78 is 27.5. The fraction of sp³-hybridized carbons (Fsp3) is 0.300. The van der Waals surface area contributed by atoms with Crippen LogP contribution in [0.15, 0.2) is 54.6 Å². The summed E-state index contributed by atoms with van der Waals surface area (Å²) in [6.45, 7) is 0.0711. The molecule has 0 saturated heterocycles. The van der Waals surface area contributed by atoms with Crippen molar-refractivity contribution in [1.29, 1.82) is 0 Å². The number of aliphatic hydroxyl groups is 1. The number of carbonyl (C=O) groups excluding carboxylic acids is 1. The standard InChI is InChI=1S/C30H32O9/c1-35-25-14-18(6-9-23(25)32)7-11-28(34)38-12-4-5-19-13-21-22(17-31)29(39-30(21)27(15-19)37-3)20-8-10-24(33)26(16-20)36-2/h6-11,13-16,22,29,31-33H,4-5,12,17H2,1-3H3/t22-,29+/m1/s1. The van der Waals surface area contributed by atoms with Gasteiger partial charge in [-0.05, 0) is 65.9 Å². The van der Waals surface area contributed by atoms with Crippen LogP contribution in [0.5, 0.6) is 34.5 Å². The Morgan fingerprint density at radius 1 is 0.923 bits per heavy atom. The van der Waals surface area contributed by atoms with E-state index in [0.717, 1.165) is 16.7 Å². The molecule has 0 saturated carbocycles. The number of hydrogen-bond acceptors (Lipinski definition) is 9. The molecule has 0 aliphatic carbocycles. The van der Waals surface area contributed by atoms with E-state index in [1.807, 2.05) is 12.1 Å². The first-order valence-corrected chi connectivity index (χ1v) is 12.5. The predicted molar refractivity (Wildman–Crippen MR) is 144 cm³/mol. The molecule has 0 spiro atoms. The van der Waals surface area contributed by atoms with Gasteiger partial charge in [-0.2, -0.15) is 0 Å². The van der Waals surface area contributed by atoms with Gasteiger partial charge in [-0.3, -0.25) is 0 Å². The Morgan fingerprint density at radius 3 is 2.31 bits per heavy atom. The number of phenols is 2. The zero-order chi connectivity index (χ0) is 27.9. The fourth-order valence-electron chi connectivity index (χ4n) is 4.58. The third-order valence-electron chi connectivity index (χ3n) is 6.57. The minimum Gasteiger partial charge on any atom is -0.504 e. The average Bonchev–Trinajstić information content (AvgIpc) is 3.33. The minimum absolute atomic E-state index is 0.0217. The highest BCUT2D eigenvalue weighted by molar-refractivity contribution is 5.87. The maximum atomic E-state index is 12.1. The minimum atomic E-state index is -0.482. The molecule has 3 N–H and O–H groups in total. The number of benzene rings is 3. The normalized spacial score (nSPS) is 16.0. The van der Waals surface area contributed by atoms with E-state index in [9.17, 15) is 20.1 Å². The van der Waals surface area contributed by atoms with Crippen LogP contribution in [-0.2, 0) is 16.0 Å². The third kappa shape index (κ3) is 6.21. The Balaban J connectivity index is 1.39. The lowest BCUT2D eigenvalue weighted by Gasteiger charge is -2.18. The van der Waals surface area contributed by atoms with Gasteiger partial charge in [-0.15, -0.1) is 0 Å². The molecule has 0 amide bonds. The van der Waals surface area contributed by atoms with Gasteiger partial charge in [0.15, 0.2) is 34.5 Å². The van der Waals surface area contributed by atoms with Crippen LogP contribution in [0.1, 0.15) is 40.7 Å². The van der Waals surface area contributed by atoms with Crippen molar-refractivity contribution in [3.05, 3.63) is 76.9 Å². The van der Waals surface area contributed by atoms with Gasteiger partial charge in [0.25, 0.3) is 0 Å². The van der Waals surface area contributed by atoms with Gasteiger partial charge in [0, 0.05) is 11.6 Å². The highest BCUT2D eigenvalue weighted by atomic mass is 16.5. The molecule has 2 atom stereocenters. The number of ether oxygens (including phenoxy) is 5. The maximum Gasteiger partial charge on any atom is 0.330 e. The van der Waals surface area contributed by atoms with Gasteiger partial charge in [0.2, 0.25) is 0 Å². The summed E-state index contributed by atoms with van der Waals surface area (Å²) in [5.41, 5.74) is 3.23. The number of carbonyl (C=O) groups is 1. The van der Waals surface area contributed by atoms with Crippen LogP contribution in [0.4, 0.5) is 0 Å². The summed E-state index contributed by atoms with van der Waals surface area (Å²) in [6, 6.07) is 13.6. The molecule has 39 heavy (non-hydrogen) atoms. The number of aromatic hydroxyl groups is 2. The molecule has 206 valence electrons. The lowest BCUT2D eigenvalue weighted by atomic mass is 9.90. The van der Waals surface area contributed by atoms with Crippen LogP contribution in [-0.4, -0.2) is 55.8 Å². The smallest absolute Gasteiger partial charge is 0.330 e. The van der Waals surface area contributed by atoms with Crippen LogP contribution in [0.25, 0.3) is 6.08 Å². The van der Waals surface area contributed by atoms with Gasteiger partial charge in [-0.25, -0.2) is 4.79 Å². The number of fused-ring (bicyclic) bond motifs is 1. The van der Waals surface area contributed by atoms with Crippen LogP contribution in [0, 0.1) is 0 Å². The summed E-state index contributed by atoms with van der Waals surface area (Å²) in [5.74, 6) is 0.987.